The molecule has 0 spiro atoms. The van der Waals surface area contributed by atoms with Crippen molar-refractivity contribution in [3.8, 4) is 5.75 Å². The molecule has 0 aromatic heterocycles. The van der Waals surface area contributed by atoms with Gasteiger partial charge >= 0.3 is 0 Å². The summed E-state index contributed by atoms with van der Waals surface area (Å²) in [5, 5.41) is 9.53. The molecule has 0 unspecified atom stereocenters. The number of benzene rings is 1. The number of phenolic OH excluding ortho intramolecular Hbond substituents is 1. The third kappa shape index (κ3) is 2.39. The van der Waals surface area contributed by atoms with E-state index < -0.39 is 0 Å². The van der Waals surface area contributed by atoms with Crippen molar-refractivity contribution in [2.24, 2.45) is 0 Å². The molecule has 0 radical (unpaired) electrons. The highest BCUT2D eigenvalue weighted by molar-refractivity contribution is 9.10. The largest absolute Gasteiger partial charge is 0.506 e. The highest BCUT2D eigenvalue weighted by Crippen LogP contribution is 2.28. The van der Waals surface area contributed by atoms with Crippen LogP contribution in [-0.2, 0) is 6.42 Å². The van der Waals surface area contributed by atoms with Gasteiger partial charge in [-0.1, -0.05) is 12.1 Å². The Kier molecular flexibility index (Phi) is 3.89. The first-order chi connectivity index (χ1) is 5.75. The standard InChI is InChI=1S/C9H10BrClO/c10-8-5-1-3-7(9(8)12)4-2-6-11/h1,3,5,12H,2,4,6H2. The minimum atomic E-state index is 0.336. The molecule has 0 bridgehead atoms. The molecule has 0 aliphatic heterocycles. The average molecular weight is 250 g/mol. The van der Waals surface area contributed by atoms with Crippen LogP contribution in [0.25, 0.3) is 0 Å². The number of rotatable bonds is 3. The Hall–Kier alpha value is -0.210. The Labute approximate surface area is 85.5 Å². The van der Waals surface area contributed by atoms with E-state index in [1.807, 2.05) is 18.2 Å². The Bertz CT molecular complexity index is 263. The van der Waals surface area contributed by atoms with Crippen LogP contribution in [0, 0.1) is 0 Å². The van der Waals surface area contributed by atoms with Crippen LogP contribution in [-0.4, -0.2) is 11.0 Å². The molecule has 1 rings (SSSR count). The van der Waals surface area contributed by atoms with Crippen molar-refractivity contribution < 1.29 is 5.11 Å². The molecule has 0 amide bonds. The molecule has 0 fully saturated rings. The van der Waals surface area contributed by atoms with Crippen LogP contribution in [0.15, 0.2) is 22.7 Å². The fraction of sp³-hybridized carbons (Fsp3) is 0.333. The summed E-state index contributed by atoms with van der Waals surface area (Å²) in [6.45, 7) is 0. The molecule has 66 valence electrons. The molecule has 0 atom stereocenters. The van der Waals surface area contributed by atoms with Crippen LogP contribution >= 0.6 is 27.5 Å². The van der Waals surface area contributed by atoms with Crippen LogP contribution in [0.2, 0.25) is 0 Å². The van der Waals surface area contributed by atoms with Crippen LogP contribution in [0.1, 0.15) is 12.0 Å². The van der Waals surface area contributed by atoms with Gasteiger partial charge in [0.05, 0.1) is 4.47 Å². The third-order valence-corrected chi connectivity index (χ3v) is 2.56. The highest BCUT2D eigenvalue weighted by Gasteiger charge is 2.03. The number of aromatic hydroxyl groups is 1. The summed E-state index contributed by atoms with van der Waals surface area (Å²) < 4.78 is 0.745. The summed E-state index contributed by atoms with van der Waals surface area (Å²) in [5.41, 5.74) is 0.949. The third-order valence-electron chi connectivity index (χ3n) is 1.65. The number of alkyl halides is 1. The zero-order valence-electron chi connectivity index (χ0n) is 6.56. The molecule has 3 heteroatoms. The van der Waals surface area contributed by atoms with E-state index in [2.05, 4.69) is 15.9 Å². The molecular formula is C9H10BrClO. The van der Waals surface area contributed by atoms with E-state index in [1.165, 1.54) is 0 Å². The zero-order chi connectivity index (χ0) is 8.97. The van der Waals surface area contributed by atoms with Crippen LogP contribution < -0.4 is 0 Å². The molecule has 1 aromatic rings. The SMILES string of the molecule is Oc1c(Br)cccc1CCCCl. The Morgan fingerprint density at radius 2 is 2.17 bits per heavy atom. The van der Waals surface area contributed by atoms with Gasteiger partial charge in [0.1, 0.15) is 5.75 Å². The minimum Gasteiger partial charge on any atom is -0.506 e. The fourth-order valence-corrected chi connectivity index (χ4v) is 1.56. The first kappa shape index (κ1) is 9.87. The summed E-state index contributed by atoms with van der Waals surface area (Å²) >= 11 is 8.81. The number of aryl methyl sites for hydroxylation is 1. The van der Waals surface area contributed by atoms with Gasteiger partial charge in [0.15, 0.2) is 0 Å². The molecule has 0 aliphatic carbocycles. The van der Waals surface area contributed by atoms with E-state index in [0.29, 0.717) is 11.6 Å². The van der Waals surface area contributed by atoms with Crippen molar-refractivity contribution in [2.75, 3.05) is 5.88 Å². The predicted octanol–water partition coefficient (Wildman–Crippen LogP) is 3.33. The molecule has 1 aromatic carbocycles. The van der Waals surface area contributed by atoms with E-state index in [0.717, 1.165) is 22.9 Å². The number of phenols is 1. The molecule has 1 N–H and O–H groups in total. The summed E-state index contributed by atoms with van der Waals surface area (Å²) in [6, 6.07) is 5.64. The first-order valence-electron chi connectivity index (χ1n) is 3.78. The maximum absolute atomic E-state index is 9.53. The molecule has 1 nitrogen and oxygen atoms in total. The van der Waals surface area contributed by atoms with E-state index in [9.17, 15) is 5.11 Å². The van der Waals surface area contributed by atoms with Gasteiger partial charge in [-0.2, -0.15) is 0 Å². The number of hydrogen-bond acceptors (Lipinski definition) is 1. The van der Waals surface area contributed by atoms with E-state index in [-0.39, 0.29) is 0 Å². The number of para-hydroxylation sites is 1. The van der Waals surface area contributed by atoms with E-state index in [4.69, 9.17) is 11.6 Å². The van der Waals surface area contributed by atoms with Crippen molar-refractivity contribution in [1.29, 1.82) is 0 Å². The molecular weight excluding hydrogens is 239 g/mol. The summed E-state index contributed by atoms with van der Waals surface area (Å²) in [6.07, 6.45) is 1.72. The van der Waals surface area contributed by atoms with Gasteiger partial charge in [0, 0.05) is 5.88 Å². The van der Waals surface area contributed by atoms with Crippen molar-refractivity contribution in [3.05, 3.63) is 28.2 Å². The van der Waals surface area contributed by atoms with Gasteiger partial charge in [-0.25, -0.2) is 0 Å². The first-order valence-corrected chi connectivity index (χ1v) is 5.10. The van der Waals surface area contributed by atoms with Crippen molar-refractivity contribution in [2.45, 2.75) is 12.8 Å². The maximum Gasteiger partial charge on any atom is 0.132 e. The lowest BCUT2D eigenvalue weighted by Gasteiger charge is -2.03. The highest BCUT2D eigenvalue weighted by atomic mass is 79.9. The smallest absolute Gasteiger partial charge is 0.132 e. The summed E-state index contributed by atoms with van der Waals surface area (Å²) in [7, 11) is 0. The monoisotopic (exact) mass is 248 g/mol. The Balaban J connectivity index is 2.78. The molecule has 0 aliphatic rings. The van der Waals surface area contributed by atoms with E-state index >= 15 is 0 Å². The molecule has 12 heavy (non-hydrogen) atoms. The molecule has 0 saturated heterocycles. The number of halogens is 2. The summed E-state index contributed by atoms with van der Waals surface area (Å²) in [4.78, 5) is 0. The van der Waals surface area contributed by atoms with E-state index in [1.54, 1.807) is 0 Å². The van der Waals surface area contributed by atoms with Gasteiger partial charge < -0.3 is 5.11 Å². The topological polar surface area (TPSA) is 20.2 Å². The second kappa shape index (κ2) is 4.73. The van der Waals surface area contributed by atoms with Crippen LogP contribution in [0.3, 0.4) is 0 Å². The van der Waals surface area contributed by atoms with Crippen LogP contribution in [0.5, 0.6) is 5.75 Å². The van der Waals surface area contributed by atoms with Gasteiger partial charge in [-0.3, -0.25) is 0 Å². The number of hydrogen-bond donors (Lipinski definition) is 1. The Morgan fingerprint density at radius 1 is 1.42 bits per heavy atom. The van der Waals surface area contributed by atoms with Gasteiger partial charge in [-0.15, -0.1) is 11.6 Å². The van der Waals surface area contributed by atoms with Crippen LogP contribution in [0.4, 0.5) is 0 Å². The minimum absolute atomic E-state index is 0.336. The second-order valence-electron chi connectivity index (χ2n) is 2.54. The van der Waals surface area contributed by atoms with Crippen molar-refractivity contribution in [3.63, 3.8) is 0 Å². The molecule has 0 heterocycles. The quantitative estimate of drug-likeness (QED) is 0.815. The van der Waals surface area contributed by atoms with Crippen molar-refractivity contribution in [1.82, 2.24) is 0 Å². The predicted molar refractivity (Wildman–Crippen MR) is 54.8 cm³/mol. The summed E-state index contributed by atoms with van der Waals surface area (Å²) in [5.74, 6) is 0.967. The average Bonchev–Trinajstić information content (AvgIpc) is 2.08. The normalized spacial score (nSPS) is 10.2. The molecule has 0 saturated carbocycles. The second-order valence-corrected chi connectivity index (χ2v) is 3.77. The maximum atomic E-state index is 9.53. The lowest BCUT2D eigenvalue weighted by Crippen LogP contribution is -1.87. The fourth-order valence-electron chi connectivity index (χ4n) is 1.02. The lowest BCUT2D eigenvalue weighted by atomic mass is 10.1. The van der Waals surface area contributed by atoms with Gasteiger partial charge in [-0.05, 0) is 40.4 Å². The van der Waals surface area contributed by atoms with Gasteiger partial charge in [0.2, 0.25) is 0 Å². The van der Waals surface area contributed by atoms with Gasteiger partial charge in [0.25, 0.3) is 0 Å². The zero-order valence-corrected chi connectivity index (χ0v) is 8.90. The lowest BCUT2D eigenvalue weighted by molar-refractivity contribution is 0.464. The Morgan fingerprint density at radius 3 is 2.83 bits per heavy atom. The van der Waals surface area contributed by atoms with Crippen molar-refractivity contribution >= 4 is 27.5 Å².